The van der Waals surface area contributed by atoms with Gasteiger partial charge in [-0.05, 0) is 252 Å². The normalized spacial score (nSPS) is 12.1. The molecule has 0 nitrogen and oxygen atoms in total. The van der Waals surface area contributed by atoms with Crippen molar-refractivity contribution in [1.29, 1.82) is 0 Å². The maximum Gasteiger partial charge on any atom is -0.00960 e. The molecular weight excluding hydrogens is 1590 g/mol. The van der Waals surface area contributed by atoms with Gasteiger partial charge in [-0.15, -0.1) is 0 Å². The largest absolute Gasteiger partial charge is 0.0622 e. The van der Waals surface area contributed by atoms with E-state index in [-0.39, 0.29) is 37.9 Å². The fourth-order valence-electron chi connectivity index (χ4n) is 18.4. The van der Waals surface area contributed by atoms with Crippen LogP contribution in [0.3, 0.4) is 0 Å². The van der Waals surface area contributed by atoms with Gasteiger partial charge in [0.1, 0.15) is 0 Å². The first-order valence-electron chi connectivity index (χ1n) is 47.6. The molecule has 21 rings (SSSR count). The van der Waals surface area contributed by atoms with Gasteiger partial charge in [0.05, 0.1) is 0 Å². The summed E-state index contributed by atoms with van der Waals surface area (Å²) in [5, 5.41) is 34.9. The van der Waals surface area contributed by atoms with Crippen LogP contribution in [0.25, 0.3) is 140 Å². The smallest absolute Gasteiger partial charge is 0.00960 e. The highest BCUT2D eigenvalue weighted by Gasteiger charge is 2.24. The first kappa shape index (κ1) is 95.1. The Morgan fingerprint density at radius 2 is 0.348 bits per heavy atom. The van der Waals surface area contributed by atoms with E-state index in [0.29, 0.717) is 5.41 Å². The van der Waals surface area contributed by atoms with Gasteiger partial charge in [0, 0.05) is 0 Å². The van der Waals surface area contributed by atoms with Gasteiger partial charge in [-0.2, -0.15) is 0 Å². The first-order chi connectivity index (χ1) is 62.6. The second-order valence-corrected chi connectivity index (χ2v) is 44.2. The van der Waals surface area contributed by atoms with Gasteiger partial charge in [0.15, 0.2) is 0 Å². The maximum absolute atomic E-state index is 2.40. The molecule has 666 valence electrons. The molecule has 21 aromatic rings. The second-order valence-electron chi connectivity index (χ2n) is 44.2. The topological polar surface area (TPSA) is 0 Å². The minimum absolute atomic E-state index is 0.130. The van der Waals surface area contributed by atoms with E-state index in [1.54, 1.807) is 0 Å². The molecule has 0 heterocycles. The van der Waals surface area contributed by atoms with Gasteiger partial charge in [-0.3, -0.25) is 0 Å². The van der Waals surface area contributed by atoms with E-state index in [0.717, 1.165) is 0 Å². The quantitative estimate of drug-likeness (QED) is 0.105. The van der Waals surface area contributed by atoms with Crippen LogP contribution in [0, 0.1) is 0 Å². The Bertz CT molecular complexity index is 7520. The maximum atomic E-state index is 2.40. The van der Waals surface area contributed by atoms with E-state index in [1.165, 1.54) is 185 Å². The molecule has 0 heteroatoms. The third-order valence-electron chi connectivity index (χ3n) is 25.7. The Morgan fingerprint density at radius 3 is 0.818 bits per heavy atom. The minimum atomic E-state index is 0.130. The highest BCUT2D eigenvalue weighted by molar-refractivity contribution is 6.19. The summed E-state index contributed by atoms with van der Waals surface area (Å²) in [6.07, 6.45) is 0. The van der Waals surface area contributed by atoms with E-state index in [4.69, 9.17) is 0 Å². The molecule has 0 saturated heterocycles. The Kier molecular flexibility index (Phi) is 28.2. The average Bonchev–Trinajstić information content (AvgIpc) is 0.749. The lowest BCUT2D eigenvalue weighted by atomic mass is 9.80. The van der Waals surface area contributed by atoms with Crippen molar-refractivity contribution in [3.05, 3.63) is 445 Å². The summed E-state index contributed by atoms with van der Waals surface area (Å²) >= 11 is 0. The predicted octanol–water partition coefficient (Wildman–Crippen LogP) is 38.9. The highest BCUT2D eigenvalue weighted by Crippen LogP contribution is 2.42. The summed E-state index contributed by atoms with van der Waals surface area (Å²) in [7, 11) is 0. The van der Waals surface area contributed by atoms with Gasteiger partial charge in [0.2, 0.25) is 0 Å². The lowest BCUT2D eigenvalue weighted by molar-refractivity contribution is 0.590. The van der Waals surface area contributed by atoms with Gasteiger partial charge < -0.3 is 0 Å². The standard InChI is InChI=1S/C22H20.4C18H18.2C14H16.C10H14/c1-22(2,3)21-14-20-16-9-5-4-8-15(16)12-13-18(20)17-10-6-7-11-19(17)21;1-18(2,3)17-15-10-6-4-8-13(15)12-14-9-5-7-11-16(14)17;1-18(2,3)17-10-6-9-15-14-8-5-4-7-13(14)11-12-16(15)17;1-18(2,3)17-9-8-15-10-13-6-4-5-7-14(13)11-16(15)12-17;1-18(2,3)15-10-11-17-14(12-15)9-8-13-6-4-5-7-16(13)17;1-14(2,3)13-10-6-8-11-7-4-5-9-12(11)13;1-14(2,3)13-9-8-11-6-4-5-7-12(11)10-13;1-10(2,3)9-7-5-4-6-8-9/h4-14H,1-3H3;4*4-12H,1-3H3;2*4-10H,1-3H3;4-8H,1-3H3. The SMILES string of the molecule is CC(C)(C)c1c2ccccc2cc2ccccc12.CC(C)(C)c1cc2c3ccccc3ccc2c2ccccc12.CC(C)(C)c1ccc2c(ccc3ccccc32)c1.CC(C)(C)c1ccc2cc3ccccc3cc2c1.CC(C)(C)c1ccc2ccccc2c1.CC(C)(C)c1cccc2c1ccc1ccccc12.CC(C)(C)c1cccc2ccccc12.CC(C)(C)c1ccccc1. The van der Waals surface area contributed by atoms with E-state index in [9.17, 15) is 0 Å². The van der Waals surface area contributed by atoms with Gasteiger partial charge in [-0.25, -0.2) is 0 Å². The van der Waals surface area contributed by atoms with Crippen LogP contribution in [0.4, 0.5) is 0 Å². The van der Waals surface area contributed by atoms with Crippen LogP contribution >= 0.6 is 0 Å². The second kappa shape index (κ2) is 39.2. The number of rotatable bonds is 0. The molecule has 0 unspecified atom stereocenters. The van der Waals surface area contributed by atoms with Gasteiger partial charge in [-0.1, -0.05) is 542 Å². The van der Waals surface area contributed by atoms with Gasteiger partial charge >= 0.3 is 0 Å². The Hall–Kier alpha value is -13.0. The summed E-state index contributed by atoms with van der Waals surface area (Å²) in [5.41, 5.74) is 12.9. The molecule has 0 aliphatic rings. The summed E-state index contributed by atoms with van der Waals surface area (Å²) in [4.78, 5) is 0. The van der Waals surface area contributed by atoms with Gasteiger partial charge in [0.25, 0.3) is 0 Å². The fraction of sp³-hybridized carbons (Fsp3) is 0.242. The van der Waals surface area contributed by atoms with Crippen LogP contribution in [-0.2, 0) is 43.3 Å². The molecule has 0 bridgehead atoms. The van der Waals surface area contributed by atoms with Crippen molar-refractivity contribution in [1.82, 2.24) is 0 Å². The molecule has 0 spiro atoms. The highest BCUT2D eigenvalue weighted by atomic mass is 14.3. The molecule has 0 radical (unpaired) electrons. The molecule has 0 aliphatic carbocycles. The van der Waals surface area contributed by atoms with Crippen LogP contribution in [-0.4, -0.2) is 0 Å². The van der Waals surface area contributed by atoms with E-state index >= 15 is 0 Å². The molecule has 0 amide bonds. The Balaban J connectivity index is 0.000000122. The van der Waals surface area contributed by atoms with Crippen LogP contribution < -0.4 is 0 Å². The monoisotopic (exact) mass is 1720 g/mol. The fourth-order valence-corrected chi connectivity index (χ4v) is 18.4. The number of fused-ring (bicyclic) bond motifs is 17. The van der Waals surface area contributed by atoms with Crippen molar-refractivity contribution < 1.29 is 0 Å². The molecule has 0 fully saturated rings. The molecule has 0 aromatic heterocycles. The minimum Gasteiger partial charge on any atom is -0.0622 e. The summed E-state index contributed by atoms with van der Waals surface area (Å²) in [6.45, 7) is 54.3. The van der Waals surface area contributed by atoms with Crippen molar-refractivity contribution in [3.63, 3.8) is 0 Å². The molecule has 0 N–H and O–H groups in total. The van der Waals surface area contributed by atoms with Crippen molar-refractivity contribution in [2.45, 2.75) is 209 Å². The summed E-state index contributed by atoms with van der Waals surface area (Å²) in [6, 6.07) is 144. The van der Waals surface area contributed by atoms with Crippen molar-refractivity contribution in [3.8, 4) is 0 Å². The van der Waals surface area contributed by atoms with E-state index in [2.05, 4.69) is 567 Å². The molecule has 132 heavy (non-hydrogen) atoms. The summed E-state index contributed by atoms with van der Waals surface area (Å²) < 4.78 is 0. The third kappa shape index (κ3) is 22.6. The number of hydrogen-bond acceptors (Lipinski definition) is 0. The van der Waals surface area contributed by atoms with Crippen LogP contribution in [0.15, 0.2) is 400 Å². The molecule has 0 saturated carbocycles. The zero-order valence-electron chi connectivity index (χ0n) is 83.1. The van der Waals surface area contributed by atoms with Crippen LogP contribution in [0.2, 0.25) is 0 Å². The summed E-state index contributed by atoms with van der Waals surface area (Å²) in [5.74, 6) is 0. The van der Waals surface area contributed by atoms with Crippen LogP contribution in [0.5, 0.6) is 0 Å². The average molecular weight is 1720 g/mol. The molecule has 21 aromatic carbocycles. The zero-order valence-corrected chi connectivity index (χ0v) is 83.1. The zero-order chi connectivity index (χ0) is 94.3. The lowest BCUT2D eigenvalue weighted by Gasteiger charge is -2.24. The number of hydrogen-bond donors (Lipinski definition) is 0. The molecule has 0 atom stereocenters. The lowest BCUT2D eigenvalue weighted by Crippen LogP contribution is -2.12. The van der Waals surface area contributed by atoms with E-state index < -0.39 is 0 Å². The number of benzene rings is 21. The van der Waals surface area contributed by atoms with Crippen molar-refractivity contribution in [2.24, 2.45) is 0 Å². The molecule has 0 aliphatic heterocycles. The van der Waals surface area contributed by atoms with E-state index in [1.807, 2.05) is 0 Å². The Morgan fingerprint density at radius 1 is 0.106 bits per heavy atom. The van der Waals surface area contributed by atoms with Crippen LogP contribution in [0.1, 0.15) is 211 Å². The van der Waals surface area contributed by atoms with Crippen molar-refractivity contribution >= 4 is 140 Å². The third-order valence-corrected chi connectivity index (χ3v) is 25.7. The first-order valence-corrected chi connectivity index (χ1v) is 47.6. The predicted molar refractivity (Wildman–Crippen MR) is 589 cm³/mol. The Labute approximate surface area is 788 Å². The van der Waals surface area contributed by atoms with Crippen molar-refractivity contribution in [2.75, 3.05) is 0 Å². The molecular formula is C132H138.